The van der Waals surface area contributed by atoms with Crippen LogP contribution < -0.4 is 0 Å². The molecule has 0 aromatic heterocycles. The van der Waals surface area contributed by atoms with Gasteiger partial charge in [-0.2, -0.15) is 0 Å². The maximum absolute atomic E-state index is 12.8. The summed E-state index contributed by atoms with van der Waals surface area (Å²) >= 11 is 3.32. The minimum atomic E-state index is -1.06. The summed E-state index contributed by atoms with van der Waals surface area (Å²) < 4.78 is 11.8. The van der Waals surface area contributed by atoms with Crippen molar-refractivity contribution >= 4 is 27.7 Å². The highest BCUT2D eigenvalue weighted by atomic mass is 79.9. The molecule has 2 fully saturated rings. The third-order valence-electron chi connectivity index (χ3n) is 5.93. The van der Waals surface area contributed by atoms with Gasteiger partial charge in [0.25, 0.3) is 11.7 Å². The van der Waals surface area contributed by atoms with Gasteiger partial charge in [-0.3, -0.25) is 9.69 Å². The largest absolute Gasteiger partial charge is 0.480 e. The summed E-state index contributed by atoms with van der Waals surface area (Å²) in [5.74, 6) is -3.10. The first-order chi connectivity index (χ1) is 12.5. The third kappa shape index (κ3) is 3.09. The highest BCUT2D eigenvalue weighted by Crippen LogP contribution is 2.43. The lowest BCUT2D eigenvalue weighted by atomic mass is 9.88. The number of rotatable bonds is 2. The Kier molecular flexibility index (Phi) is 4.86. The fourth-order valence-electron chi connectivity index (χ4n) is 4.58. The molecule has 0 aromatic rings. The van der Waals surface area contributed by atoms with E-state index < -0.39 is 23.6 Å². The van der Waals surface area contributed by atoms with Gasteiger partial charge in [0.1, 0.15) is 5.57 Å². The van der Waals surface area contributed by atoms with E-state index in [0.717, 1.165) is 45.2 Å². The minimum absolute atomic E-state index is 0.0347. The van der Waals surface area contributed by atoms with Gasteiger partial charge in [0.05, 0.1) is 10.4 Å². The van der Waals surface area contributed by atoms with Crippen LogP contribution in [0.25, 0.3) is 0 Å². The minimum Gasteiger partial charge on any atom is -0.480 e. The number of esters is 1. The molecule has 2 atom stereocenters. The van der Waals surface area contributed by atoms with E-state index in [1.165, 1.54) is 6.42 Å². The molecule has 4 rings (SSSR count). The van der Waals surface area contributed by atoms with E-state index in [9.17, 15) is 14.7 Å². The number of Topliss-reactive ketones (excluding diaryl/α,β-unsaturated/α-hetero) is 1. The zero-order valence-corrected chi connectivity index (χ0v) is 16.3. The summed E-state index contributed by atoms with van der Waals surface area (Å²) in [7, 11) is 0. The molecule has 1 spiro atoms. The van der Waals surface area contributed by atoms with Crippen LogP contribution in [0.15, 0.2) is 22.1 Å². The van der Waals surface area contributed by atoms with Crippen molar-refractivity contribution in [2.24, 2.45) is 5.92 Å². The molecule has 142 valence electrons. The molecule has 0 aromatic carbocycles. The number of aliphatic hydroxyl groups is 1. The van der Waals surface area contributed by atoms with Crippen molar-refractivity contribution < 1.29 is 24.2 Å². The molecule has 1 saturated heterocycles. The lowest BCUT2D eigenvalue weighted by Crippen LogP contribution is -2.49. The second-order valence-electron chi connectivity index (χ2n) is 7.63. The van der Waals surface area contributed by atoms with Gasteiger partial charge in [-0.1, -0.05) is 12.8 Å². The Balaban J connectivity index is 1.64. The quantitative estimate of drug-likeness (QED) is 0.683. The van der Waals surface area contributed by atoms with E-state index in [1.54, 1.807) is 0 Å². The van der Waals surface area contributed by atoms with Crippen molar-refractivity contribution in [1.82, 2.24) is 4.90 Å². The molecular weight excluding hydrogens is 402 g/mol. The number of aliphatic hydroxyl groups excluding tert-OH is 1. The molecule has 7 heteroatoms. The number of nitrogens with zero attached hydrogens (tertiary/aromatic N) is 1. The van der Waals surface area contributed by atoms with Gasteiger partial charge in [0, 0.05) is 18.9 Å². The Hall–Kier alpha value is -1.34. The number of ketones is 1. The van der Waals surface area contributed by atoms with Crippen LogP contribution in [0.1, 0.15) is 51.4 Å². The molecule has 0 amide bonds. The first-order valence-corrected chi connectivity index (χ1v) is 10.3. The molecule has 0 bridgehead atoms. The average molecular weight is 426 g/mol. The molecule has 0 radical (unpaired) electrons. The molecule has 1 N–H and O–H groups in total. The van der Waals surface area contributed by atoms with Crippen LogP contribution in [0, 0.1) is 5.92 Å². The fourth-order valence-corrected chi connectivity index (χ4v) is 5.10. The van der Waals surface area contributed by atoms with Crippen LogP contribution >= 0.6 is 15.9 Å². The summed E-state index contributed by atoms with van der Waals surface area (Å²) in [6.45, 7) is 1.75. The average Bonchev–Trinajstić information content (AvgIpc) is 2.91. The summed E-state index contributed by atoms with van der Waals surface area (Å²) in [5.41, 5.74) is -0.0347. The first-order valence-electron chi connectivity index (χ1n) is 9.52. The van der Waals surface area contributed by atoms with E-state index in [4.69, 9.17) is 9.47 Å². The van der Waals surface area contributed by atoms with Crippen molar-refractivity contribution in [3.05, 3.63) is 22.1 Å². The smallest absolute Gasteiger partial charge is 0.345 e. The number of ether oxygens (including phenoxy) is 2. The van der Waals surface area contributed by atoms with E-state index in [2.05, 4.69) is 20.8 Å². The van der Waals surface area contributed by atoms with Gasteiger partial charge in [0.2, 0.25) is 0 Å². The topological polar surface area (TPSA) is 76.1 Å². The summed E-state index contributed by atoms with van der Waals surface area (Å²) in [6.07, 6.45) is 9.15. The first kappa shape index (κ1) is 18.0. The van der Waals surface area contributed by atoms with Crippen molar-refractivity contribution in [3.63, 3.8) is 0 Å². The highest BCUT2D eigenvalue weighted by molar-refractivity contribution is 9.12. The number of hydrogen-bond acceptors (Lipinski definition) is 6. The van der Waals surface area contributed by atoms with Gasteiger partial charge in [-0.05, 0) is 60.8 Å². The number of allylic oxidation sites excluding steroid dienone is 1. The lowest BCUT2D eigenvalue weighted by Gasteiger charge is -2.41. The Bertz CT molecular complexity index is 673. The Morgan fingerprint density at radius 2 is 1.69 bits per heavy atom. The van der Waals surface area contributed by atoms with Crippen LogP contribution in [0.2, 0.25) is 0 Å². The van der Waals surface area contributed by atoms with Crippen LogP contribution in [0.5, 0.6) is 0 Å². The monoisotopic (exact) mass is 425 g/mol. The molecule has 6 nitrogen and oxygen atoms in total. The number of hydrogen-bond donors (Lipinski definition) is 1. The van der Waals surface area contributed by atoms with E-state index in [-0.39, 0.29) is 17.4 Å². The van der Waals surface area contributed by atoms with Gasteiger partial charge in [-0.25, -0.2) is 4.79 Å². The lowest BCUT2D eigenvalue weighted by molar-refractivity contribution is -0.251. The predicted octanol–water partition coefficient (Wildman–Crippen LogP) is 3.32. The van der Waals surface area contributed by atoms with Crippen molar-refractivity contribution in [2.45, 2.75) is 63.2 Å². The second-order valence-corrected chi connectivity index (χ2v) is 8.48. The molecule has 2 aliphatic heterocycles. The van der Waals surface area contributed by atoms with Gasteiger partial charge in [-0.15, -0.1) is 0 Å². The van der Waals surface area contributed by atoms with Crippen LogP contribution in [-0.2, 0) is 19.1 Å². The third-order valence-corrected chi connectivity index (χ3v) is 6.58. The summed E-state index contributed by atoms with van der Waals surface area (Å²) in [5, 5.41) is 10.6. The number of halogens is 1. The van der Waals surface area contributed by atoms with E-state index >= 15 is 0 Å². The summed E-state index contributed by atoms with van der Waals surface area (Å²) in [6, 6.07) is -0.258. The molecule has 2 heterocycles. The Morgan fingerprint density at radius 3 is 2.35 bits per heavy atom. The highest BCUT2D eigenvalue weighted by Gasteiger charge is 2.51. The van der Waals surface area contributed by atoms with Crippen LogP contribution in [0.4, 0.5) is 0 Å². The molecule has 2 aliphatic carbocycles. The van der Waals surface area contributed by atoms with E-state index in [1.807, 2.05) is 6.08 Å². The zero-order chi connectivity index (χ0) is 18.3. The Labute approximate surface area is 161 Å². The molecule has 1 saturated carbocycles. The van der Waals surface area contributed by atoms with Crippen LogP contribution in [-0.4, -0.2) is 46.7 Å². The van der Waals surface area contributed by atoms with E-state index in [0.29, 0.717) is 17.3 Å². The van der Waals surface area contributed by atoms with Crippen molar-refractivity contribution in [2.75, 3.05) is 13.1 Å². The van der Waals surface area contributed by atoms with Gasteiger partial charge >= 0.3 is 5.97 Å². The second kappa shape index (κ2) is 7.00. The SMILES string of the molecule is O=C1OC2(CCCCC2)OC(O)=C1C1C(=O)C(Br)=CC1N1CCCCC1. The Morgan fingerprint density at radius 1 is 1.04 bits per heavy atom. The maximum atomic E-state index is 12.8. The number of carbonyl (C=O) groups excluding carboxylic acids is 2. The standard InChI is InChI=1S/C19H24BrNO5/c20-12-11-13(21-9-5-2-6-10-21)14(16(12)22)15-17(23)25-19(26-18(15)24)7-3-1-4-8-19/h11,13-14,23H,1-10H2. The number of piperidine rings is 1. The van der Waals surface area contributed by atoms with Crippen LogP contribution in [0.3, 0.4) is 0 Å². The van der Waals surface area contributed by atoms with Crippen molar-refractivity contribution in [3.8, 4) is 0 Å². The number of carbonyl (C=O) groups is 2. The van der Waals surface area contributed by atoms with Gasteiger partial charge in [0.15, 0.2) is 5.78 Å². The maximum Gasteiger partial charge on any atom is 0.345 e. The van der Waals surface area contributed by atoms with Gasteiger partial charge < -0.3 is 14.6 Å². The predicted molar refractivity (Wildman–Crippen MR) is 97.4 cm³/mol. The molecule has 4 aliphatic rings. The molecule has 2 unspecified atom stereocenters. The summed E-state index contributed by atoms with van der Waals surface area (Å²) in [4.78, 5) is 27.8. The number of likely N-dealkylation sites (tertiary alicyclic amines) is 1. The molecular formula is C19H24BrNO5. The normalized spacial score (nSPS) is 32.4. The van der Waals surface area contributed by atoms with Crippen molar-refractivity contribution in [1.29, 1.82) is 0 Å². The molecule has 26 heavy (non-hydrogen) atoms. The zero-order valence-electron chi connectivity index (χ0n) is 14.7. The fraction of sp³-hybridized carbons (Fsp3) is 0.684.